The van der Waals surface area contributed by atoms with Crippen LogP contribution in [0.2, 0.25) is 0 Å². The van der Waals surface area contributed by atoms with Crippen molar-refractivity contribution < 1.29 is 4.42 Å². The summed E-state index contributed by atoms with van der Waals surface area (Å²) < 4.78 is 6.33. The third-order valence-corrected chi connectivity index (χ3v) is 15.1. The summed E-state index contributed by atoms with van der Waals surface area (Å²) in [7, 11) is 0. The fourth-order valence-corrected chi connectivity index (χ4v) is 12.2. The SMILES string of the molecule is CC1(C)c2ccccc2-c2ccc(N(c3ccc(-c4ccc5c(c4)C4(c6ccccc6-c6ccccc6-5)c5ccccc5-c5ccccc54)cc3)c3ccc4oc5ccccc5c4c3)cc21. The normalized spacial score (nSPS) is 14.2. The van der Waals surface area contributed by atoms with Crippen LogP contribution in [0.1, 0.15) is 47.2 Å². The molecule has 11 aromatic rings. The predicted molar refractivity (Wildman–Crippen MR) is 273 cm³/mol. The molecular weight excluding hydrogens is 799 g/mol. The summed E-state index contributed by atoms with van der Waals surface area (Å²) in [6.45, 7) is 4.71. The quantitative estimate of drug-likeness (QED) is 0.176. The van der Waals surface area contributed by atoms with Crippen LogP contribution < -0.4 is 4.90 Å². The number of fused-ring (bicyclic) bond motifs is 18. The van der Waals surface area contributed by atoms with Crippen LogP contribution in [0.3, 0.4) is 0 Å². The third kappa shape index (κ3) is 5.01. The molecule has 14 rings (SSSR count). The van der Waals surface area contributed by atoms with Gasteiger partial charge in [0.25, 0.3) is 0 Å². The van der Waals surface area contributed by atoms with Gasteiger partial charge >= 0.3 is 0 Å². The first kappa shape index (κ1) is 37.2. The van der Waals surface area contributed by atoms with Gasteiger partial charge in [0, 0.05) is 33.2 Å². The largest absolute Gasteiger partial charge is 0.456 e. The molecule has 0 saturated carbocycles. The Hall–Kier alpha value is -8.20. The Balaban J connectivity index is 0.958. The molecule has 0 radical (unpaired) electrons. The summed E-state index contributed by atoms with van der Waals surface area (Å²) in [5.74, 6) is 0. The molecule has 0 saturated heterocycles. The van der Waals surface area contributed by atoms with Crippen molar-refractivity contribution in [3.05, 3.63) is 258 Å². The van der Waals surface area contributed by atoms with Crippen molar-refractivity contribution in [2.45, 2.75) is 24.7 Å². The monoisotopic (exact) mass is 841 g/mol. The second-order valence-corrected chi connectivity index (χ2v) is 18.8. The number of furan rings is 1. The molecule has 1 aromatic heterocycles. The van der Waals surface area contributed by atoms with Gasteiger partial charge in [0.05, 0.1) is 5.41 Å². The molecule has 0 fully saturated rings. The van der Waals surface area contributed by atoms with Gasteiger partial charge in [0.1, 0.15) is 11.2 Å². The van der Waals surface area contributed by atoms with Gasteiger partial charge in [-0.05, 0) is 144 Å². The highest BCUT2D eigenvalue weighted by Gasteiger charge is 2.49. The number of para-hydroxylation sites is 1. The van der Waals surface area contributed by atoms with E-state index >= 15 is 0 Å². The smallest absolute Gasteiger partial charge is 0.135 e. The maximum atomic E-state index is 6.33. The van der Waals surface area contributed by atoms with Crippen molar-refractivity contribution in [1.29, 1.82) is 0 Å². The van der Waals surface area contributed by atoms with E-state index in [0.717, 1.165) is 39.0 Å². The van der Waals surface area contributed by atoms with Crippen molar-refractivity contribution in [3.8, 4) is 55.6 Å². The average Bonchev–Trinajstić information content (AvgIpc) is 3.95. The van der Waals surface area contributed by atoms with Crippen LogP contribution in [-0.2, 0) is 10.8 Å². The molecule has 1 heterocycles. The standard InChI is InChI=1S/C64H43NO/c1-63(2)55-22-10-5-18-48(55)52-35-32-44(39-59(52)63)65(43-33-36-62-54(38-43)53-21-9-14-26-61(53)66-62)42-30-27-40(28-31-42)41-29-34-51-46-16-4-3-15-45(46)47-17-6-11-23-56(47)64(60(51)37-41)57-24-12-7-19-49(57)50-20-8-13-25-58(50)64/h3-39H,1-2H3. The lowest BCUT2D eigenvalue weighted by molar-refractivity contribution is 0.660. The van der Waals surface area contributed by atoms with Gasteiger partial charge in [-0.1, -0.05) is 184 Å². The number of rotatable bonds is 4. The summed E-state index contributed by atoms with van der Waals surface area (Å²) in [5, 5.41) is 2.23. The second kappa shape index (κ2) is 13.7. The van der Waals surface area contributed by atoms with Crippen molar-refractivity contribution in [2.24, 2.45) is 0 Å². The lowest BCUT2D eigenvalue weighted by Crippen LogP contribution is -2.29. The Kier molecular flexibility index (Phi) is 7.70. The van der Waals surface area contributed by atoms with E-state index in [1.165, 1.54) is 89.0 Å². The third-order valence-electron chi connectivity index (χ3n) is 15.1. The van der Waals surface area contributed by atoms with Crippen molar-refractivity contribution in [1.82, 2.24) is 0 Å². The molecule has 0 unspecified atom stereocenters. The summed E-state index contributed by atoms with van der Waals surface area (Å²) in [4.78, 5) is 2.41. The summed E-state index contributed by atoms with van der Waals surface area (Å²) in [6, 6.07) is 83.5. The van der Waals surface area contributed by atoms with Crippen LogP contribution in [0, 0.1) is 0 Å². The van der Waals surface area contributed by atoms with E-state index in [2.05, 4.69) is 237 Å². The van der Waals surface area contributed by atoms with Crippen molar-refractivity contribution in [3.63, 3.8) is 0 Å². The van der Waals surface area contributed by atoms with Gasteiger partial charge in [-0.2, -0.15) is 0 Å². The van der Waals surface area contributed by atoms with Gasteiger partial charge in [0.15, 0.2) is 0 Å². The van der Waals surface area contributed by atoms with E-state index in [9.17, 15) is 0 Å². The molecule has 0 amide bonds. The Bertz CT molecular complexity index is 3760. The van der Waals surface area contributed by atoms with Gasteiger partial charge < -0.3 is 9.32 Å². The van der Waals surface area contributed by atoms with Gasteiger partial charge in [-0.3, -0.25) is 0 Å². The highest BCUT2D eigenvalue weighted by Crippen LogP contribution is 2.62. The van der Waals surface area contributed by atoms with E-state index in [1.54, 1.807) is 0 Å². The van der Waals surface area contributed by atoms with Crippen LogP contribution in [0.25, 0.3) is 77.6 Å². The zero-order valence-corrected chi connectivity index (χ0v) is 36.7. The molecular formula is C64H43NO. The van der Waals surface area contributed by atoms with E-state index in [0.29, 0.717) is 0 Å². The molecule has 0 aliphatic heterocycles. The number of nitrogens with zero attached hydrogens (tertiary/aromatic N) is 1. The lowest BCUT2D eigenvalue weighted by Gasteiger charge is -2.35. The molecule has 2 heteroatoms. The molecule has 2 nitrogen and oxygen atoms in total. The van der Waals surface area contributed by atoms with Crippen LogP contribution in [0.5, 0.6) is 0 Å². The van der Waals surface area contributed by atoms with Gasteiger partial charge in [0.2, 0.25) is 0 Å². The lowest BCUT2D eigenvalue weighted by atomic mass is 9.65. The van der Waals surface area contributed by atoms with E-state index < -0.39 is 5.41 Å². The van der Waals surface area contributed by atoms with Gasteiger partial charge in [-0.15, -0.1) is 0 Å². The fourth-order valence-electron chi connectivity index (χ4n) is 12.2. The molecule has 0 N–H and O–H groups in total. The summed E-state index contributed by atoms with van der Waals surface area (Å²) >= 11 is 0. The molecule has 66 heavy (non-hydrogen) atoms. The van der Waals surface area contributed by atoms with Crippen LogP contribution in [-0.4, -0.2) is 0 Å². The zero-order chi connectivity index (χ0) is 43.7. The zero-order valence-electron chi connectivity index (χ0n) is 36.7. The highest BCUT2D eigenvalue weighted by atomic mass is 16.3. The Labute approximate surface area is 384 Å². The number of hydrogen-bond acceptors (Lipinski definition) is 2. The van der Waals surface area contributed by atoms with E-state index in [4.69, 9.17) is 4.42 Å². The van der Waals surface area contributed by atoms with E-state index in [1.807, 2.05) is 6.07 Å². The summed E-state index contributed by atoms with van der Waals surface area (Å²) in [6.07, 6.45) is 0. The molecule has 310 valence electrons. The Morgan fingerprint density at radius 2 is 0.742 bits per heavy atom. The Morgan fingerprint density at radius 3 is 1.41 bits per heavy atom. The topological polar surface area (TPSA) is 16.4 Å². The molecule has 1 spiro atoms. The predicted octanol–water partition coefficient (Wildman–Crippen LogP) is 17.0. The summed E-state index contributed by atoms with van der Waals surface area (Å²) in [5.41, 5.74) is 25.1. The first-order valence-electron chi connectivity index (χ1n) is 23.1. The average molecular weight is 842 g/mol. The van der Waals surface area contributed by atoms with Crippen molar-refractivity contribution >= 4 is 39.0 Å². The molecule has 3 aliphatic rings. The first-order chi connectivity index (χ1) is 32.5. The number of anilines is 3. The van der Waals surface area contributed by atoms with Crippen LogP contribution in [0.15, 0.2) is 229 Å². The molecule has 0 atom stereocenters. The second-order valence-electron chi connectivity index (χ2n) is 18.8. The van der Waals surface area contributed by atoms with Gasteiger partial charge in [-0.25, -0.2) is 0 Å². The minimum absolute atomic E-state index is 0.133. The number of benzene rings is 10. The number of hydrogen-bond donors (Lipinski definition) is 0. The highest BCUT2D eigenvalue weighted by molar-refractivity contribution is 6.07. The molecule has 3 aliphatic carbocycles. The minimum Gasteiger partial charge on any atom is -0.456 e. The molecule has 0 bridgehead atoms. The minimum atomic E-state index is -0.526. The maximum Gasteiger partial charge on any atom is 0.135 e. The first-order valence-corrected chi connectivity index (χ1v) is 23.1. The van der Waals surface area contributed by atoms with E-state index in [-0.39, 0.29) is 5.41 Å². The van der Waals surface area contributed by atoms with Crippen molar-refractivity contribution in [2.75, 3.05) is 4.90 Å². The maximum absolute atomic E-state index is 6.33. The Morgan fingerprint density at radius 1 is 0.303 bits per heavy atom. The molecule has 10 aromatic carbocycles. The van der Waals surface area contributed by atoms with Crippen LogP contribution >= 0.6 is 0 Å². The fraction of sp³-hybridized carbons (Fsp3) is 0.0625. The van der Waals surface area contributed by atoms with Crippen LogP contribution in [0.4, 0.5) is 17.1 Å².